The lowest BCUT2D eigenvalue weighted by Gasteiger charge is -2.09. The third kappa shape index (κ3) is 7.94. The molecule has 3 rings (SSSR count). The number of carbonyl (C=O) groups is 3. The van der Waals surface area contributed by atoms with Crippen LogP contribution in [0.3, 0.4) is 0 Å². The molecule has 0 radical (unpaired) electrons. The van der Waals surface area contributed by atoms with Crippen LogP contribution < -0.4 is 20.8 Å². The lowest BCUT2D eigenvalue weighted by Crippen LogP contribution is -2.32. The number of halogens is 2. The lowest BCUT2D eigenvalue weighted by molar-refractivity contribution is -0.136. The van der Waals surface area contributed by atoms with Crippen LogP contribution in [0.4, 0.5) is 15.8 Å². The van der Waals surface area contributed by atoms with Crippen molar-refractivity contribution in [2.45, 2.75) is 13.3 Å². The summed E-state index contributed by atoms with van der Waals surface area (Å²) in [6, 6.07) is 17.2. The zero-order valence-corrected chi connectivity index (χ0v) is 19.4. The molecule has 8 nitrogen and oxygen atoms in total. The quantitative estimate of drug-likeness (QED) is 0.247. The maximum absolute atomic E-state index is 12.9. The number of nitrogens with one attached hydrogen (secondary N) is 3. The second-order valence-electron chi connectivity index (χ2n) is 7.24. The first kappa shape index (κ1) is 25.4. The van der Waals surface area contributed by atoms with Gasteiger partial charge in [0.2, 0.25) is 0 Å². The molecule has 10 heteroatoms. The maximum Gasteiger partial charge on any atom is 0.329 e. The van der Waals surface area contributed by atoms with Gasteiger partial charge in [0.1, 0.15) is 11.6 Å². The summed E-state index contributed by atoms with van der Waals surface area (Å²) < 4.78 is 18.4. The minimum absolute atomic E-state index is 0.231. The summed E-state index contributed by atoms with van der Waals surface area (Å²) in [5.74, 6) is -2.48. The Bertz CT molecular complexity index is 1230. The largest absolute Gasteiger partial charge is 0.482 e. The summed E-state index contributed by atoms with van der Waals surface area (Å²) in [6.45, 7) is 1.82. The van der Waals surface area contributed by atoms with Crippen molar-refractivity contribution >= 4 is 46.9 Å². The van der Waals surface area contributed by atoms with E-state index in [1.807, 2.05) is 24.3 Å². The normalized spacial score (nSPS) is 10.6. The highest BCUT2D eigenvalue weighted by atomic mass is 35.5. The minimum Gasteiger partial charge on any atom is -0.482 e. The number of hydrogen-bond acceptors (Lipinski definition) is 5. The SMILES string of the molecule is CCc1ccc(NC(=O)COc2ccc(/C=N\NC(=O)C(=O)Nc3ccc(F)cc3)cc2Cl)cc1. The van der Waals surface area contributed by atoms with E-state index in [2.05, 4.69) is 28.1 Å². The summed E-state index contributed by atoms with van der Waals surface area (Å²) in [5, 5.41) is 9.00. The summed E-state index contributed by atoms with van der Waals surface area (Å²) in [7, 11) is 0. The van der Waals surface area contributed by atoms with E-state index in [0.29, 0.717) is 17.0 Å². The van der Waals surface area contributed by atoms with Crippen molar-refractivity contribution in [2.75, 3.05) is 17.2 Å². The number of amides is 3. The number of nitrogens with zero attached hydrogens (tertiary/aromatic N) is 1. The number of hydrogen-bond donors (Lipinski definition) is 3. The van der Waals surface area contributed by atoms with Crippen molar-refractivity contribution in [1.29, 1.82) is 0 Å². The Morgan fingerprint density at radius 3 is 2.26 bits per heavy atom. The third-order valence-corrected chi connectivity index (χ3v) is 4.94. The Morgan fingerprint density at radius 1 is 0.943 bits per heavy atom. The molecule has 0 aliphatic carbocycles. The van der Waals surface area contributed by atoms with Crippen LogP contribution in [0.25, 0.3) is 0 Å². The minimum atomic E-state index is -1.01. The molecule has 0 atom stereocenters. The van der Waals surface area contributed by atoms with Gasteiger partial charge in [0.25, 0.3) is 5.91 Å². The van der Waals surface area contributed by atoms with Crippen molar-refractivity contribution in [3.63, 3.8) is 0 Å². The highest BCUT2D eigenvalue weighted by Gasteiger charge is 2.13. The van der Waals surface area contributed by atoms with Gasteiger partial charge in [-0.1, -0.05) is 30.7 Å². The fourth-order valence-corrected chi connectivity index (χ4v) is 3.06. The first-order valence-corrected chi connectivity index (χ1v) is 10.9. The first-order valence-electron chi connectivity index (χ1n) is 10.5. The Kier molecular flexibility index (Phi) is 8.91. The van der Waals surface area contributed by atoms with Gasteiger partial charge in [0.05, 0.1) is 11.2 Å². The number of aryl methyl sites for hydroxylation is 1. The fourth-order valence-electron chi connectivity index (χ4n) is 2.82. The van der Waals surface area contributed by atoms with Crippen LogP contribution in [-0.4, -0.2) is 30.5 Å². The lowest BCUT2D eigenvalue weighted by atomic mass is 10.1. The van der Waals surface area contributed by atoms with E-state index < -0.39 is 17.6 Å². The van der Waals surface area contributed by atoms with Gasteiger partial charge in [-0.25, -0.2) is 9.82 Å². The van der Waals surface area contributed by atoms with Gasteiger partial charge in [-0.15, -0.1) is 0 Å². The van der Waals surface area contributed by atoms with Gasteiger partial charge in [0.15, 0.2) is 6.61 Å². The number of carbonyl (C=O) groups excluding carboxylic acids is 3. The summed E-state index contributed by atoms with van der Waals surface area (Å²) in [5.41, 5.74) is 4.70. The van der Waals surface area contributed by atoms with Crippen molar-refractivity contribution in [3.05, 3.63) is 88.7 Å². The van der Waals surface area contributed by atoms with Gasteiger partial charge in [-0.05, 0) is 72.1 Å². The first-order chi connectivity index (χ1) is 16.8. The maximum atomic E-state index is 12.9. The topological polar surface area (TPSA) is 109 Å². The van der Waals surface area contributed by atoms with Gasteiger partial charge in [-0.3, -0.25) is 14.4 Å². The second kappa shape index (κ2) is 12.3. The molecule has 0 aliphatic heterocycles. The molecule has 0 saturated heterocycles. The molecule has 0 heterocycles. The van der Waals surface area contributed by atoms with E-state index in [0.717, 1.165) is 18.6 Å². The van der Waals surface area contributed by atoms with Crippen LogP contribution in [0.2, 0.25) is 5.02 Å². The molecule has 3 aromatic carbocycles. The van der Waals surface area contributed by atoms with Crippen LogP contribution in [0, 0.1) is 5.82 Å². The molecule has 0 saturated carbocycles. The standard InChI is InChI=1S/C25H22ClFN4O4/c1-2-16-3-8-19(9-4-16)29-23(32)15-35-22-12-5-17(13-21(22)26)14-28-31-25(34)24(33)30-20-10-6-18(27)7-11-20/h3-14H,2,15H2,1H3,(H,29,32)(H,30,33)(H,31,34)/b28-14-. The van der Waals surface area contributed by atoms with Gasteiger partial charge >= 0.3 is 11.8 Å². The number of rotatable bonds is 8. The molecular formula is C25H22ClFN4O4. The molecule has 0 unspecified atom stereocenters. The van der Waals surface area contributed by atoms with E-state index in [-0.39, 0.29) is 23.2 Å². The Labute approximate surface area is 206 Å². The van der Waals surface area contributed by atoms with Crippen LogP contribution in [0.5, 0.6) is 5.75 Å². The van der Waals surface area contributed by atoms with E-state index >= 15 is 0 Å². The fraction of sp³-hybridized carbons (Fsp3) is 0.120. The van der Waals surface area contributed by atoms with Gasteiger partial charge in [-0.2, -0.15) is 5.10 Å². The summed E-state index contributed by atoms with van der Waals surface area (Å²) in [4.78, 5) is 35.8. The van der Waals surface area contributed by atoms with E-state index in [9.17, 15) is 18.8 Å². The zero-order chi connectivity index (χ0) is 25.2. The Morgan fingerprint density at radius 2 is 1.60 bits per heavy atom. The highest BCUT2D eigenvalue weighted by molar-refractivity contribution is 6.39. The van der Waals surface area contributed by atoms with Crippen LogP contribution in [-0.2, 0) is 20.8 Å². The summed E-state index contributed by atoms with van der Waals surface area (Å²) >= 11 is 6.20. The molecule has 180 valence electrons. The number of ether oxygens (including phenoxy) is 1. The van der Waals surface area contributed by atoms with E-state index in [1.165, 1.54) is 30.0 Å². The summed E-state index contributed by atoms with van der Waals surface area (Å²) in [6.07, 6.45) is 2.20. The molecule has 0 spiro atoms. The zero-order valence-electron chi connectivity index (χ0n) is 18.7. The third-order valence-electron chi connectivity index (χ3n) is 4.65. The van der Waals surface area contributed by atoms with Crippen LogP contribution in [0.15, 0.2) is 71.8 Å². The van der Waals surface area contributed by atoms with E-state index in [1.54, 1.807) is 12.1 Å². The molecule has 0 bridgehead atoms. The highest BCUT2D eigenvalue weighted by Crippen LogP contribution is 2.25. The molecule has 0 aromatic heterocycles. The predicted octanol–water partition coefficient (Wildman–Crippen LogP) is 4.15. The van der Waals surface area contributed by atoms with Gasteiger partial charge in [0, 0.05) is 11.4 Å². The molecule has 3 amide bonds. The van der Waals surface area contributed by atoms with Crippen molar-refractivity contribution < 1.29 is 23.5 Å². The Hall–Kier alpha value is -4.24. The van der Waals surface area contributed by atoms with Crippen LogP contribution in [0.1, 0.15) is 18.1 Å². The average Bonchev–Trinajstić information content (AvgIpc) is 2.85. The Balaban J connectivity index is 1.47. The van der Waals surface area contributed by atoms with Gasteiger partial charge < -0.3 is 15.4 Å². The molecule has 0 fully saturated rings. The molecule has 0 aliphatic rings. The number of hydrazone groups is 1. The molecule has 3 aromatic rings. The molecule has 35 heavy (non-hydrogen) atoms. The predicted molar refractivity (Wildman–Crippen MR) is 132 cm³/mol. The number of anilines is 2. The molecular weight excluding hydrogens is 475 g/mol. The van der Waals surface area contributed by atoms with Crippen molar-refractivity contribution in [1.82, 2.24) is 5.43 Å². The molecule has 3 N–H and O–H groups in total. The van der Waals surface area contributed by atoms with Crippen molar-refractivity contribution in [3.8, 4) is 5.75 Å². The van der Waals surface area contributed by atoms with E-state index in [4.69, 9.17) is 16.3 Å². The number of benzene rings is 3. The van der Waals surface area contributed by atoms with Crippen molar-refractivity contribution in [2.24, 2.45) is 5.10 Å². The smallest absolute Gasteiger partial charge is 0.329 e. The second-order valence-corrected chi connectivity index (χ2v) is 7.64. The van der Waals surface area contributed by atoms with Crippen LogP contribution >= 0.6 is 11.6 Å². The average molecular weight is 497 g/mol. The monoisotopic (exact) mass is 496 g/mol.